The molecule has 0 saturated heterocycles. The highest BCUT2D eigenvalue weighted by Gasteiger charge is 2.44. The zero-order chi connectivity index (χ0) is 16.2. The normalized spacial score (nSPS) is 24.1. The summed E-state index contributed by atoms with van der Waals surface area (Å²) in [5.74, 6) is -3.55. The fraction of sp³-hybridized carbons (Fsp3) is 0.286. The Morgan fingerprint density at radius 2 is 1.95 bits per heavy atom. The van der Waals surface area contributed by atoms with Crippen LogP contribution in [0.15, 0.2) is 12.1 Å². The van der Waals surface area contributed by atoms with E-state index in [2.05, 4.69) is 4.98 Å². The first-order valence-corrected chi connectivity index (χ1v) is 6.59. The smallest absolute Gasteiger partial charge is 0.174 e. The van der Waals surface area contributed by atoms with Crippen molar-refractivity contribution in [2.75, 3.05) is 0 Å². The molecule has 22 heavy (non-hydrogen) atoms. The fourth-order valence-electron chi connectivity index (χ4n) is 3.02. The number of aromatic nitrogens is 1. The van der Waals surface area contributed by atoms with Gasteiger partial charge in [0.15, 0.2) is 17.0 Å². The number of nitrogens with one attached hydrogen (secondary N) is 1. The van der Waals surface area contributed by atoms with Crippen LogP contribution in [0.5, 0.6) is 11.5 Å². The van der Waals surface area contributed by atoms with Crippen LogP contribution in [-0.4, -0.2) is 33.2 Å². The second-order valence-electron chi connectivity index (χ2n) is 5.65. The molecule has 116 valence electrons. The molecule has 0 unspecified atom stereocenters. The van der Waals surface area contributed by atoms with Gasteiger partial charge < -0.3 is 40.3 Å². The molecule has 1 aromatic carbocycles. The molecule has 0 fully saturated rings. The summed E-state index contributed by atoms with van der Waals surface area (Å²) in [6.07, 6.45) is 0.0325. The second kappa shape index (κ2) is 4.38. The van der Waals surface area contributed by atoms with Crippen molar-refractivity contribution in [2.45, 2.75) is 24.9 Å². The summed E-state index contributed by atoms with van der Waals surface area (Å²) in [7, 11) is 0. The average Bonchev–Trinajstić information content (AvgIpc) is 2.78. The minimum atomic E-state index is -1.64. The van der Waals surface area contributed by atoms with E-state index in [1.54, 1.807) is 0 Å². The van der Waals surface area contributed by atoms with E-state index in [0.29, 0.717) is 16.5 Å². The molecule has 2 heterocycles. The van der Waals surface area contributed by atoms with Crippen LogP contribution in [0.25, 0.3) is 10.9 Å². The van der Waals surface area contributed by atoms with Crippen molar-refractivity contribution < 1.29 is 35.3 Å². The summed E-state index contributed by atoms with van der Waals surface area (Å²) in [6, 6.07) is 1.44. The van der Waals surface area contributed by atoms with Crippen molar-refractivity contribution in [1.82, 2.24) is 4.98 Å². The van der Waals surface area contributed by atoms with Gasteiger partial charge in [-0.25, -0.2) is 0 Å². The number of carbonyl (C=O) groups excluding carboxylic acids is 2. The monoisotopic (exact) mass is 305 g/mol. The van der Waals surface area contributed by atoms with E-state index in [0.717, 1.165) is 0 Å². The van der Waals surface area contributed by atoms with Crippen LogP contribution >= 0.6 is 0 Å². The van der Waals surface area contributed by atoms with Crippen LogP contribution in [-0.2, 0) is 21.5 Å². The lowest BCUT2D eigenvalue weighted by atomic mass is 9.85. The van der Waals surface area contributed by atoms with E-state index >= 15 is 0 Å². The summed E-state index contributed by atoms with van der Waals surface area (Å²) in [5, 5.41) is 43.5. The molecule has 1 aliphatic heterocycles. The van der Waals surface area contributed by atoms with Crippen molar-refractivity contribution in [3.8, 4) is 11.5 Å². The summed E-state index contributed by atoms with van der Waals surface area (Å²) >= 11 is 0. The summed E-state index contributed by atoms with van der Waals surface area (Å²) in [6.45, 7) is 1.34. The highest BCUT2D eigenvalue weighted by atomic mass is 16.4. The van der Waals surface area contributed by atoms with E-state index < -0.39 is 23.5 Å². The number of fused-ring (bicyclic) bond motifs is 3. The molecule has 1 aromatic heterocycles. The number of aliphatic carboxylic acids is 2. The molecule has 0 radical (unpaired) electrons. The predicted octanol–water partition coefficient (Wildman–Crippen LogP) is -3.22. The lowest BCUT2D eigenvalue weighted by Crippen LogP contribution is -3.05. The first-order chi connectivity index (χ1) is 10.2. The van der Waals surface area contributed by atoms with E-state index in [1.165, 1.54) is 24.4 Å². The fourth-order valence-corrected chi connectivity index (χ4v) is 3.02. The lowest BCUT2D eigenvalue weighted by molar-refractivity contribution is -0.752. The third-order valence-corrected chi connectivity index (χ3v) is 4.21. The van der Waals surface area contributed by atoms with Crippen LogP contribution in [0, 0.1) is 0 Å². The summed E-state index contributed by atoms with van der Waals surface area (Å²) in [4.78, 5) is 25.6. The molecule has 2 aromatic rings. The molecule has 0 aliphatic carbocycles. The van der Waals surface area contributed by atoms with E-state index in [4.69, 9.17) is 0 Å². The maximum atomic E-state index is 11.5. The van der Waals surface area contributed by atoms with Crippen molar-refractivity contribution in [1.29, 1.82) is 0 Å². The Labute approximate surface area is 124 Å². The van der Waals surface area contributed by atoms with Crippen LogP contribution in [0.4, 0.5) is 0 Å². The highest BCUT2D eigenvalue weighted by molar-refractivity contribution is 5.91. The maximum Gasteiger partial charge on any atom is 0.174 e. The third-order valence-electron chi connectivity index (χ3n) is 4.21. The maximum absolute atomic E-state index is 11.5. The Balaban J connectivity index is 2.31. The number of H-pyrrole nitrogens is 1. The molecule has 1 aliphatic rings. The number of aromatic amines is 1. The SMILES string of the molecule is C[C@@]1(C(=O)[O-])[NH2+][C@@H](C(=O)[O-])Cc2c1[nH]c1cc(O)c(O)cc21. The standard InChI is InChI=1S/C14H14N2O6/c1-14(13(21)22)11-6(2-8(16-14)12(19)20)5-3-9(17)10(18)4-7(5)15-11/h3-4,8,15-18H,2H2,1H3,(H,19,20)(H,21,22)/p-1/t8-,14-/m1/s1. The van der Waals surface area contributed by atoms with Gasteiger partial charge in [-0.15, -0.1) is 0 Å². The van der Waals surface area contributed by atoms with E-state index in [1.807, 2.05) is 0 Å². The van der Waals surface area contributed by atoms with Crippen molar-refractivity contribution in [3.63, 3.8) is 0 Å². The minimum Gasteiger partial charge on any atom is -0.544 e. The van der Waals surface area contributed by atoms with Crippen molar-refractivity contribution >= 4 is 22.8 Å². The Hall–Kier alpha value is -2.74. The largest absolute Gasteiger partial charge is 0.544 e. The Bertz CT molecular complexity index is 811. The van der Waals surface area contributed by atoms with Crippen molar-refractivity contribution in [2.24, 2.45) is 0 Å². The molecule has 3 rings (SSSR count). The van der Waals surface area contributed by atoms with Gasteiger partial charge in [0.1, 0.15) is 12.0 Å². The Morgan fingerprint density at radius 1 is 1.32 bits per heavy atom. The predicted molar refractivity (Wildman–Crippen MR) is 68.4 cm³/mol. The molecular formula is C14H13N2O6-. The Kier molecular flexibility index (Phi) is 2.83. The third kappa shape index (κ3) is 1.81. The van der Waals surface area contributed by atoms with Crippen LogP contribution < -0.4 is 15.5 Å². The molecule has 5 N–H and O–H groups in total. The van der Waals surface area contributed by atoms with Crippen LogP contribution in [0.2, 0.25) is 0 Å². The first kappa shape index (κ1) is 14.2. The number of carboxylic acids is 2. The summed E-state index contributed by atoms with van der Waals surface area (Å²) in [5.41, 5.74) is -0.498. The van der Waals surface area contributed by atoms with Gasteiger partial charge in [0.05, 0.1) is 17.2 Å². The molecule has 0 saturated carbocycles. The van der Waals surface area contributed by atoms with Crippen LogP contribution in [0.1, 0.15) is 18.2 Å². The van der Waals surface area contributed by atoms with Gasteiger partial charge in [0, 0.05) is 24.8 Å². The van der Waals surface area contributed by atoms with E-state index in [-0.39, 0.29) is 23.6 Å². The number of aromatic hydroxyl groups is 2. The number of benzene rings is 1. The number of hydrogen-bond acceptors (Lipinski definition) is 6. The number of quaternary nitrogens is 1. The zero-order valence-electron chi connectivity index (χ0n) is 11.5. The molecular weight excluding hydrogens is 292 g/mol. The van der Waals surface area contributed by atoms with Gasteiger partial charge in [-0.2, -0.15) is 0 Å². The molecule has 0 amide bonds. The number of carboxylic acid groups (broad SMARTS) is 2. The second-order valence-corrected chi connectivity index (χ2v) is 5.65. The van der Waals surface area contributed by atoms with Gasteiger partial charge in [-0.3, -0.25) is 0 Å². The Morgan fingerprint density at radius 3 is 2.55 bits per heavy atom. The number of rotatable bonds is 2. The van der Waals surface area contributed by atoms with Gasteiger partial charge in [-0.05, 0) is 11.6 Å². The van der Waals surface area contributed by atoms with Crippen LogP contribution in [0.3, 0.4) is 0 Å². The van der Waals surface area contributed by atoms with E-state index in [9.17, 15) is 30.0 Å². The number of phenols is 2. The average molecular weight is 305 g/mol. The number of carbonyl (C=O) groups is 2. The van der Waals surface area contributed by atoms with Gasteiger partial charge in [0.25, 0.3) is 0 Å². The first-order valence-electron chi connectivity index (χ1n) is 6.59. The number of hydrogen-bond donors (Lipinski definition) is 4. The lowest BCUT2D eigenvalue weighted by Gasteiger charge is -2.37. The minimum absolute atomic E-state index is 0.0325. The number of nitrogens with two attached hydrogens (primary N) is 1. The topological polar surface area (TPSA) is 153 Å². The molecule has 2 atom stereocenters. The molecule has 0 spiro atoms. The molecule has 8 nitrogen and oxygen atoms in total. The number of phenolic OH excluding ortho intramolecular Hbond substituents is 2. The van der Waals surface area contributed by atoms with Gasteiger partial charge in [-0.1, -0.05) is 0 Å². The van der Waals surface area contributed by atoms with Gasteiger partial charge in [0.2, 0.25) is 0 Å². The van der Waals surface area contributed by atoms with Crippen molar-refractivity contribution in [3.05, 3.63) is 23.4 Å². The molecule has 0 bridgehead atoms. The summed E-state index contributed by atoms with van der Waals surface area (Å²) < 4.78 is 0. The highest BCUT2D eigenvalue weighted by Crippen LogP contribution is 2.37. The van der Waals surface area contributed by atoms with Gasteiger partial charge >= 0.3 is 0 Å². The quantitative estimate of drug-likeness (QED) is 0.428. The molecule has 8 heteroatoms. The zero-order valence-corrected chi connectivity index (χ0v) is 11.5.